The minimum atomic E-state index is 0.230. The van der Waals surface area contributed by atoms with E-state index in [2.05, 4.69) is 10.3 Å². The maximum absolute atomic E-state index is 5.90. The van der Waals surface area contributed by atoms with Gasteiger partial charge in [0.05, 0.1) is 6.04 Å². The van der Waals surface area contributed by atoms with E-state index < -0.39 is 0 Å². The van der Waals surface area contributed by atoms with Gasteiger partial charge in [-0.05, 0) is 49.2 Å². The fourth-order valence-corrected chi connectivity index (χ4v) is 2.85. The van der Waals surface area contributed by atoms with Crippen molar-refractivity contribution in [1.82, 2.24) is 19.9 Å². The van der Waals surface area contributed by atoms with E-state index in [0.29, 0.717) is 11.1 Å². The zero-order chi connectivity index (χ0) is 13.5. The lowest BCUT2D eigenvalue weighted by atomic mass is 10.2. The van der Waals surface area contributed by atoms with Crippen LogP contribution in [0.15, 0.2) is 34.9 Å². The van der Waals surface area contributed by atoms with Crippen LogP contribution in [0.1, 0.15) is 24.7 Å². The van der Waals surface area contributed by atoms with Gasteiger partial charge in [-0.3, -0.25) is 0 Å². The molecule has 0 radical (unpaired) electrons. The summed E-state index contributed by atoms with van der Waals surface area (Å²) in [6.45, 7) is 1.01. The minimum Gasteiger partial charge on any atom is -0.428 e. The van der Waals surface area contributed by atoms with Gasteiger partial charge in [-0.1, -0.05) is 0 Å². The summed E-state index contributed by atoms with van der Waals surface area (Å²) in [4.78, 5) is 9.14. The van der Waals surface area contributed by atoms with E-state index in [1.807, 2.05) is 22.8 Å². The van der Waals surface area contributed by atoms with E-state index >= 15 is 0 Å². The Hall–Kier alpha value is -1.85. The first-order chi connectivity index (χ1) is 9.83. The van der Waals surface area contributed by atoms with Crippen molar-refractivity contribution in [1.29, 1.82) is 0 Å². The van der Waals surface area contributed by atoms with Crippen LogP contribution in [0.4, 0.5) is 0 Å². The highest BCUT2D eigenvalue weighted by atomic mass is 35.5. The van der Waals surface area contributed by atoms with Crippen molar-refractivity contribution in [3.8, 4) is 5.88 Å². The maximum Gasteiger partial charge on any atom is 0.208 e. The van der Waals surface area contributed by atoms with E-state index in [4.69, 9.17) is 21.0 Å². The molecule has 0 aromatic carbocycles. The van der Waals surface area contributed by atoms with Gasteiger partial charge in [-0.15, -0.1) is 0 Å². The maximum atomic E-state index is 5.90. The first-order valence-corrected chi connectivity index (χ1v) is 7.03. The average Bonchev–Trinajstić information content (AvgIpc) is 3.16. The van der Waals surface area contributed by atoms with Crippen molar-refractivity contribution in [2.75, 3.05) is 6.54 Å². The van der Waals surface area contributed by atoms with E-state index in [9.17, 15) is 0 Å². The standard InChI is InChI=1S/C14H13ClN4O/c15-11-5-6-12(20-11)19-13-10(4-2-8-17-13)18-14(19)9-3-1-7-16-9/h2,4-6,8-9,16H,1,3,7H2. The summed E-state index contributed by atoms with van der Waals surface area (Å²) in [6, 6.07) is 7.66. The highest BCUT2D eigenvalue weighted by Gasteiger charge is 2.25. The van der Waals surface area contributed by atoms with Crippen molar-refractivity contribution >= 4 is 22.8 Å². The molecule has 1 aliphatic heterocycles. The fourth-order valence-electron chi connectivity index (χ4n) is 2.71. The molecule has 1 atom stereocenters. The largest absolute Gasteiger partial charge is 0.428 e. The highest BCUT2D eigenvalue weighted by molar-refractivity contribution is 6.28. The van der Waals surface area contributed by atoms with Crippen LogP contribution in [-0.4, -0.2) is 21.1 Å². The molecular weight excluding hydrogens is 276 g/mol. The van der Waals surface area contributed by atoms with Gasteiger partial charge in [-0.2, -0.15) is 0 Å². The molecule has 0 spiro atoms. The third-order valence-electron chi connectivity index (χ3n) is 3.59. The van der Waals surface area contributed by atoms with Gasteiger partial charge >= 0.3 is 0 Å². The molecular formula is C14H13ClN4O. The molecule has 1 fully saturated rings. The Morgan fingerprint density at radius 2 is 2.30 bits per heavy atom. The number of furan rings is 1. The van der Waals surface area contributed by atoms with Gasteiger partial charge in [0.15, 0.2) is 10.9 Å². The second-order valence-corrected chi connectivity index (χ2v) is 5.25. The molecule has 1 saturated heterocycles. The summed E-state index contributed by atoms with van der Waals surface area (Å²) in [6.07, 6.45) is 3.98. The van der Waals surface area contributed by atoms with Gasteiger partial charge in [0.2, 0.25) is 5.88 Å². The van der Waals surface area contributed by atoms with Crippen LogP contribution in [0.5, 0.6) is 0 Å². The Labute approximate surface area is 120 Å². The average molecular weight is 289 g/mol. The molecule has 1 aliphatic rings. The van der Waals surface area contributed by atoms with Crippen LogP contribution < -0.4 is 5.32 Å². The predicted molar refractivity (Wildman–Crippen MR) is 76.1 cm³/mol. The van der Waals surface area contributed by atoms with Crippen molar-refractivity contribution in [3.05, 3.63) is 41.5 Å². The molecule has 4 heterocycles. The minimum absolute atomic E-state index is 0.230. The van der Waals surface area contributed by atoms with Crippen LogP contribution in [-0.2, 0) is 0 Å². The fraction of sp³-hybridized carbons (Fsp3) is 0.286. The van der Waals surface area contributed by atoms with Crippen molar-refractivity contribution in [2.45, 2.75) is 18.9 Å². The molecule has 1 N–H and O–H groups in total. The van der Waals surface area contributed by atoms with Crippen LogP contribution >= 0.6 is 11.6 Å². The van der Waals surface area contributed by atoms with Crippen LogP contribution in [0, 0.1) is 0 Å². The number of pyridine rings is 1. The van der Waals surface area contributed by atoms with Crippen molar-refractivity contribution < 1.29 is 4.42 Å². The zero-order valence-electron chi connectivity index (χ0n) is 10.7. The van der Waals surface area contributed by atoms with Gasteiger partial charge < -0.3 is 9.73 Å². The van der Waals surface area contributed by atoms with Gasteiger partial charge in [0.1, 0.15) is 11.3 Å². The quantitative estimate of drug-likeness (QED) is 0.787. The molecule has 6 heteroatoms. The van der Waals surface area contributed by atoms with Crippen LogP contribution in [0.2, 0.25) is 5.22 Å². The third-order valence-corrected chi connectivity index (χ3v) is 3.80. The number of fused-ring (bicyclic) bond motifs is 1. The number of rotatable bonds is 2. The van der Waals surface area contributed by atoms with Gasteiger partial charge in [0, 0.05) is 12.3 Å². The number of nitrogens with zero attached hydrogens (tertiary/aromatic N) is 3. The third kappa shape index (κ3) is 1.82. The molecule has 20 heavy (non-hydrogen) atoms. The first kappa shape index (κ1) is 11.9. The lowest BCUT2D eigenvalue weighted by Gasteiger charge is -2.11. The Morgan fingerprint density at radius 1 is 1.35 bits per heavy atom. The van der Waals surface area contributed by atoms with Crippen molar-refractivity contribution in [3.63, 3.8) is 0 Å². The smallest absolute Gasteiger partial charge is 0.208 e. The number of aromatic nitrogens is 3. The second-order valence-electron chi connectivity index (χ2n) is 4.88. The first-order valence-electron chi connectivity index (χ1n) is 6.65. The second kappa shape index (κ2) is 4.61. The number of nitrogens with one attached hydrogen (secondary N) is 1. The lowest BCUT2D eigenvalue weighted by molar-refractivity contribution is 0.518. The van der Waals surface area contributed by atoms with Crippen LogP contribution in [0.25, 0.3) is 17.0 Å². The monoisotopic (exact) mass is 288 g/mol. The van der Waals surface area contributed by atoms with Crippen LogP contribution in [0.3, 0.4) is 0 Å². The normalized spacial score (nSPS) is 18.9. The topological polar surface area (TPSA) is 55.9 Å². The van der Waals surface area contributed by atoms with Gasteiger partial charge in [0.25, 0.3) is 0 Å². The van der Waals surface area contributed by atoms with Gasteiger partial charge in [-0.25, -0.2) is 14.5 Å². The molecule has 102 valence electrons. The number of imidazole rings is 1. The molecule has 0 amide bonds. The van der Waals surface area contributed by atoms with Crippen molar-refractivity contribution in [2.24, 2.45) is 0 Å². The number of hydrogen-bond donors (Lipinski definition) is 1. The highest BCUT2D eigenvalue weighted by Crippen LogP contribution is 2.29. The Bertz CT molecular complexity index is 757. The summed E-state index contributed by atoms with van der Waals surface area (Å²) >= 11 is 5.90. The molecule has 3 aromatic rings. The molecule has 1 unspecified atom stereocenters. The zero-order valence-corrected chi connectivity index (χ0v) is 11.5. The summed E-state index contributed by atoms with van der Waals surface area (Å²) in [5.41, 5.74) is 1.66. The Kier molecular flexibility index (Phi) is 2.75. The number of halogens is 1. The molecule has 0 aliphatic carbocycles. The molecule has 0 saturated carbocycles. The van der Waals surface area contributed by atoms with E-state index in [0.717, 1.165) is 36.4 Å². The molecule has 4 rings (SSSR count). The van der Waals surface area contributed by atoms with E-state index in [1.54, 1.807) is 12.3 Å². The molecule has 5 nitrogen and oxygen atoms in total. The lowest BCUT2D eigenvalue weighted by Crippen LogP contribution is -2.17. The predicted octanol–water partition coefficient (Wildman–Crippen LogP) is 3.09. The molecule has 0 bridgehead atoms. The Balaban J connectivity index is 1.97. The Morgan fingerprint density at radius 3 is 3.05 bits per heavy atom. The SMILES string of the molecule is Clc1ccc(-n2c(C3CCCN3)nc3cccnc32)o1. The summed E-state index contributed by atoms with van der Waals surface area (Å²) in [5.74, 6) is 1.59. The summed E-state index contributed by atoms with van der Waals surface area (Å²) in [5, 5.41) is 3.83. The van der Waals surface area contributed by atoms with E-state index in [1.165, 1.54) is 0 Å². The summed E-state index contributed by atoms with van der Waals surface area (Å²) in [7, 11) is 0. The van der Waals surface area contributed by atoms with E-state index in [-0.39, 0.29) is 6.04 Å². The summed E-state index contributed by atoms with van der Waals surface area (Å²) < 4.78 is 7.51. The number of hydrogen-bond acceptors (Lipinski definition) is 4. The molecule has 3 aromatic heterocycles.